The van der Waals surface area contributed by atoms with Crippen LogP contribution in [0.1, 0.15) is 61.7 Å². The van der Waals surface area contributed by atoms with Crippen molar-refractivity contribution in [3.05, 3.63) is 53.1 Å². The third-order valence-corrected chi connectivity index (χ3v) is 5.38. The van der Waals surface area contributed by atoms with Crippen molar-refractivity contribution in [1.29, 1.82) is 0 Å². The predicted octanol–water partition coefficient (Wildman–Crippen LogP) is 4.94. The van der Waals surface area contributed by atoms with Gasteiger partial charge in [0.25, 0.3) is 0 Å². The molecule has 30 heavy (non-hydrogen) atoms. The molecule has 0 aliphatic rings. The van der Waals surface area contributed by atoms with Gasteiger partial charge in [-0.05, 0) is 43.9 Å². The zero-order valence-corrected chi connectivity index (χ0v) is 18.1. The average Bonchev–Trinajstić information content (AvgIpc) is 3.12. The summed E-state index contributed by atoms with van der Waals surface area (Å²) >= 11 is 0. The monoisotopic (exact) mass is 409 g/mol. The van der Waals surface area contributed by atoms with E-state index in [-0.39, 0.29) is 6.42 Å². The first-order chi connectivity index (χ1) is 14.5. The third-order valence-electron chi connectivity index (χ3n) is 5.38. The van der Waals surface area contributed by atoms with E-state index < -0.39 is 5.97 Å². The second-order valence-electron chi connectivity index (χ2n) is 7.75. The third kappa shape index (κ3) is 5.38. The Morgan fingerprint density at radius 1 is 1.13 bits per heavy atom. The molecule has 3 aromatic rings. The number of aliphatic carboxylic acids is 1. The highest BCUT2D eigenvalue weighted by molar-refractivity contribution is 5.78. The Kier molecular flexibility index (Phi) is 7.44. The molecule has 0 unspecified atom stereocenters. The smallest absolute Gasteiger partial charge is 0.303 e. The van der Waals surface area contributed by atoms with Gasteiger partial charge in [0.15, 0.2) is 0 Å². The number of methoxy groups -OCH3 is 1. The summed E-state index contributed by atoms with van der Waals surface area (Å²) in [5, 5.41) is 8.92. The highest BCUT2D eigenvalue weighted by atomic mass is 16.5. The number of benzene rings is 1. The molecule has 0 aliphatic heterocycles. The Morgan fingerprint density at radius 3 is 2.70 bits per heavy atom. The minimum Gasteiger partial charge on any atom is -0.496 e. The Bertz CT molecular complexity index is 1010. The molecular formula is C24H31N3O3. The van der Waals surface area contributed by atoms with Crippen LogP contribution in [-0.2, 0) is 24.2 Å². The Labute approximate surface area is 177 Å². The lowest BCUT2D eigenvalue weighted by Crippen LogP contribution is -2.06. The fourth-order valence-corrected chi connectivity index (χ4v) is 3.85. The number of unbranched alkanes of at least 4 members (excludes halogenated alkanes) is 3. The maximum Gasteiger partial charge on any atom is 0.303 e. The van der Waals surface area contributed by atoms with E-state index in [1.807, 2.05) is 31.2 Å². The lowest BCUT2D eigenvalue weighted by molar-refractivity contribution is -0.136. The van der Waals surface area contributed by atoms with Gasteiger partial charge in [-0.3, -0.25) is 4.79 Å². The summed E-state index contributed by atoms with van der Waals surface area (Å²) in [5.74, 6) is 0.794. The quantitative estimate of drug-likeness (QED) is 0.454. The van der Waals surface area contributed by atoms with Gasteiger partial charge in [0.2, 0.25) is 0 Å². The first-order valence-electron chi connectivity index (χ1n) is 10.7. The molecule has 2 heterocycles. The highest BCUT2D eigenvalue weighted by Crippen LogP contribution is 2.26. The Morgan fingerprint density at radius 2 is 1.97 bits per heavy atom. The molecule has 0 aliphatic carbocycles. The van der Waals surface area contributed by atoms with Crippen LogP contribution >= 0.6 is 0 Å². The topological polar surface area (TPSA) is 77.2 Å². The normalized spacial score (nSPS) is 11.2. The fraction of sp³-hybridized carbons (Fsp3) is 0.458. The zero-order chi connectivity index (χ0) is 21.5. The maximum absolute atomic E-state index is 10.9. The van der Waals surface area contributed by atoms with Crippen LogP contribution in [0.15, 0.2) is 30.5 Å². The van der Waals surface area contributed by atoms with Crippen molar-refractivity contribution in [2.24, 2.45) is 0 Å². The molecule has 0 saturated carbocycles. The summed E-state index contributed by atoms with van der Waals surface area (Å²) < 4.78 is 7.80. The number of carbonyl (C=O) groups is 1. The highest BCUT2D eigenvalue weighted by Gasteiger charge is 2.13. The number of rotatable bonds is 11. The van der Waals surface area contributed by atoms with Gasteiger partial charge in [0.05, 0.1) is 30.4 Å². The summed E-state index contributed by atoms with van der Waals surface area (Å²) in [6.07, 6.45) is 8.44. The number of nitrogens with zero attached hydrogens (tertiary/aromatic N) is 3. The van der Waals surface area contributed by atoms with E-state index in [2.05, 4.69) is 22.7 Å². The summed E-state index contributed by atoms with van der Waals surface area (Å²) in [6.45, 7) is 4.82. The molecule has 2 aromatic heterocycles. The number of ether oxygens (including phenoxy) is 1. The van der Waals surface area contributed by atoms with Crippen LogP contribution < -0.4 is 4.74 Å². The first kappa shape index (κ1) is 21.8. The lowest BCUT2D eigenvalue weighted by Gasteiger charge is -2.14. The predicted molar refractivity (Wildman–Crippen MR) is 118 cm³/mol. The molecule has 0 bridgehead atoms. The number of carboxylic acids is 1. The van der Waals surface area contributed by atoms with E-state index in [9.17, 15) is 4.79 Å². The summed E-state index contributed by atoms with van der Waals surface area (Å²) in [4.78, 5) is 20.2. The van der Waals surface area contributed by atoms with E-state index >= 15 is 0 Å². The zero-order valence-electron chi connectivity index (χ0n) is 18.1. The van der Waals surface area contributed by atoms with Gasteiger partial charge in [0.1, 0.15) is 11.6 Å². The van der Waals surface area contributed by atoms with Crippen molar-refractivity contribution in [3.63, 3.8) is 0 Å². The Balaban J connectivity index is 1.87. The van der Waals surface area contributed by atoms with Gasteiger partial charge in [0, 0.05) is 18.2 Å². The molecule has 6 nitrogen and oxygen atoms in total. The average molecular weight is 410 g/mol. The molecule has 0 fully saturated rings. The lowest BCUT2D eigenvalue weighted by atomic mass is 10.1. The van der Waals surface area contributed by atoms with Crippen molar-refractivity contribution < 1.29 is 14.6 Å². The van der Waals surface area contributed by atoms with Gasteiger partial charge in [-0.1, -0.05) is 38.3 Å². The summed E-state index contributed by atoms with van der Waals surface area (Å²) in [5.41, 5.74) is 5.19. The van der Waals surface area contributed by atoms with E-state index in [4.69, 9.17) is 14.8 Å². The van der Waals surface area contributed by atoms with Crippen molar-refractivity contribution in [2.75, 3.05) is 7.11 Å². The number of hydrogen-bond donors (Lipinski definition) is 1. The Hall–Kier alpha value is -2.89. The molecule has 0 amide bonds. The number of aromatic nitrogens is 3. The van der Waals surface area contributed by atoms with Crippen molar-refractivity contribution in [1.82, 2.24) is 14.5 Å². The van der Waals surface area contributed by atoms with Crippen LogP contribution in [0.25, 0.3) is 11.0 Å². The van der Waals surface area contributed by atoms with E-state index in [0.717, 1.165) is 52.3 Å². The maximum atomic E-state index is 10.9. The number of aryl methyl sites for hydroxylation is 3. The van der Waals surface area contributed by atoms with Gasteiger partial charge in [-0.2, -0.15) is 0 Å². The molecule has 6 heteroatoms. The SMILES string of the molecule is CCCCCCc1nc(C)nc2ccn(Cc3ccc(CCC(=O)O)cc3OC)c12. The molecule has 0 radical (unpaired) electrons. The van der Waals surface area contributed by atoms with E-state index in [0.29, 0.717) is 13.0 Å². The molecular weight excluding hydrogens is 378 g/mol. The van der Waals surface area contributed by atoms with Crippen LogP contribution in [0.3, 0.4) is 0 Å². The van der Waals surface area contributed by atoms with Crippen LogP contribution in [0, 0.1) is 6.92 Å². The number of hydrogen-bond acceptors (Lipinski definition) is 4. The van der Waals surface area contributed by atoms with Gasteiger partial charge < -0.3 is 14.4 Å². The molecule has 1 N–H and O–H groups in total. The van der Waals surface area contributed by atoms with Crippen molar-refractivity contribution >= 4 is 17.0 Å². The van der Waals surface area contributed by atoms with Crippen LogP contribution in [0.5, 0.6) is 5.75 Å². The summed E-state index contributed by atoms with van der Waals surface area (Å²) in [6, 6.07) is 8.00. The van der Waals surface area contributed by atoms with E-state index in [1.165, 1.54) is 19.3 Å². The second kappa shape index (κ2) is 10.2. The molecule has 0 spiro atoms. The van der Waals surface area contributed by atoms with E-state index in [1.54, 1.807) is 7.11 Å². The van der Waals surface area contributed by atoms with Gasteiger partial charge >= 0.3 is 5.97 Å². The fourth-order valence-electron chi connectivity index (χ4n) is 3.85. The molecule has 0 saturated heterocycles. The van der Waals surface area contributed by atoms with Gasteiger partial charge in [-0.15, -0.1) is 0 Å². The number of carboxylic acid groups (broad SMARTS) is 1. The standard InChI is InChI=1S/C24H31N3O3/c1-4-5-6-7-8-20-24-21(26-17(2)25-20)13-14-27(24)16-19-11-9-18(10-12-23(28)29)15-22(19)30-3/h9,11,13-15H,4-8,10,12,16H2,1-3H3,(H,28,29). The number of fused-ring (bicyclic) bond motifs is 1. The minimum atomic E-state index is -0.793. The second-order valence-corrected chi connectivity index (χ2v) is 7.75. The molecule has 0 atom stereocenters. The molecule has 160 valence electrons. The van der Waals surface area contributed by atoms with Crippen molar-refractivity contribution in [3.8, 4) is 5.75 Å². The van der Waals surface area contributed by atoms with Crippen molar-refractivity contribution in [2.45, 2.75) is 65.3 Å². The van der Waals surface area contributed by atoms with Crippen LogP contribution in [0.4, 0.5) is 0 Å². The van der Waals surface area contributed by atoms with Gasteiger partial charge in [-0.25, -0.2) is 9.97 Å². The minimum absolute atomic E-state index is 0.114. The first-order valence-corrected chi connectivity index (χ1v) is 10.7. The molecule has 3 rings (SSSR count). The van der Waals surface area contributed by atoms with Crippen LogP contribution in [0.2, 0.25) is 0 Å². The van der Waals surface area contributed by atoms with Crippen LogP contribution in [-0.4, -0.2) is 32.7 Å². The molecule has 1 aromatic carbocycles. The summed E-state index contributed by atoms with van der Waals surface area (Å²) in [7, 11) is 1.65. The largest absolute Gasteiger partial charge is 0.496 e.